The van der Waals surface area contributed by atoms with Crippen LogP contribution >= 0.6 is 34.5 Å². The number of aryl methyl sites for hydroxylation is 1. The number of hydrogen-bond acceptors (Lipinski definition) is 5. The molecule has 0 aliphatic carbocycles. The number of aliphatic carboxylic acids is 1. The second-order valence-corrected chi connectivity index (χ2v) is 8.51. The van der Waals surface area contributed by atoms with Crippen molar-refractivity contribution in [3.63, 3.8) is 0 Å². The highest BCUT2D eigenvalue weighted by Crippen LogP contribution is 2.46. The number of aromatic nitrogens is 1. The summed E-state index contributed by atoms with van der Waals surface area (Å²) in [5.41, 5.74) is 0.355. The summed E-state index contributed by atoms with van der Waals surface area (Å²) >= 11 is 13.6. The second kappa shape index (κ2) is 6.62. The number of carboxylic acids is 1. The van der Waals surface area contributed by atoms with E-state index in [9.17, 15) is 14.7 Å². The number of ether oxygens (including phenoxy) is 1. The Kier molecular flexibility index (Phi) is 4.49. The molecule has 144 valence electrons. The molecule has 0 bridgehead atoms. The van der Waals surface area contributed by atoms with E-state index < -0.39 is 23.9 Å². The number of benzene rings is 2. The molecule has 1 unspecified atom stereocenters. The van der Waals surface area contributed by atoms with Crippen molar-refractivity contribution in [2.24, 2.45) is 0 Å². The molecular weight excluding hydrogens is 423 g/mol. The van der Waals surface area contributed by atoms with E-state index >= 15 is 0 Å². The van der Waals surface area contributed by atoms with Crippen LogP contribution in [0.5, 0.6) is 5.75 Å². The minimum absolute atomic E-state index is 0.306. The third kappa shape index (κ3) is 2.99. The van der Waals surface area contributed by atoms with Gasteiger partial charge in [-0.25, -0.2) is 9.88 Å². The Hall–Kier alpha value is -2.35. The monoisotopic (exact) mass is 436 g/mol. The Balaban J connectivity index is 1.93. The molecule has 1 N–H and O–H groups in total. The molecule has 4 rings (SSSR count). The predicted octanol–water partition coefficient (Wildman–Crippen LogP) is 5.20. The van der Waals surface area contributed by atoms with Crippen LogP contribution in [0.4, 0.5) is 10.8 Å². The third-order valence-corrected chi connectivity index (χ3v) is 6.27. The lowest BCUT2D eigenvalue weighted by Crippen LogP contribution is -2.53. The van der Waals surface area contributed by atoms with Crippen LogP contribution in [-0.2, 0) is 9.59 Å². The normalized spacial score (nSPS) is 18.9. The maximum absolute atomic E-state index is 13.3. The Morgan fingerprint density at radius 1 is 1.32 bits per heavy atom. The third-order valence-electron chi connectivity index (χ3n) is 4.47. The number of thiazole rings is 1. The maximum Gasteiger partial charge on any atom is 0.307 e. The molecule has 1 amide bonds. The number of fused-ring (bicyclic) bond motifs is 2. The van der Waals surface area contributed by atoms with Gasteiger partial charge in [0.15, 0.2) is 10.7 Å². The lowest BCUT2D eigenvalue weighted by molar-refractivity contribution is -0.148. The van der Waals surface area contributed by atoms with Crippen molar-refractivity contribution in [3.05, 3.63) is 45.9 Å². The van der Waals surface area contributed by atoms with E-state index in [0.29, 0.717) is 32.1 Å². The van der Waals surface area contributed by atoms with Gasteiger partial charge in [0.25, 0.3) is 5.91 Å². The molecule has 0 radical (unpaired) electrons. The number of hydrogen-bond donors (Lipinski definition) is 1. The fourth-order valence-electron chi connectivity index (χ4n) is 3.13. The molecule has 1 aliphatic heterocycles. The van der Waals surface area contributed by atoms with E-state index in [1.54, 1.807) is 24.3 Å². The highest BCUT2D eigenvalue weighted by Gasteiger charge is 2.47. The fourth-order valence-corrected chi connectivity index (χ4v) is 4.53. The minimum Gasteiger partial charge on any atom is -0.481 e. The second-order valence-electron chi connectivity index (χ2n) is 6.72. The molecule has 0 spiro atoms. The van der Waals surface area contributed by atoms with Crippen molar-refractivity contribution in [1.82, 2.24) is 4.98 Å². The molecule has 28 heavy (non-hydrogen) atoms. The van der Waals surface area contributed by atoms with Crippen molar-refractivity contribution < 1.29 is 19.4 Å². The summed E-state index contributed by atoms with van der Waals surface area (Å²) in [6.45, 7) is 3.36. The maximum atomic E-state index is 13.3. The Labute approximate surface area is 174 Å². The average molecular weight is 437 g/mol. The van der Waals surface area contributed by atoms with Gasteiger partial charge in [0.1, 0.15) is 11.3 Å². The number of nitrogens with zero attached hydrogens (tertiary/aromatic N) is 2. The van der Waals surface area contributed by atoms with E-state index in [2.05, 4.69) is 4.98 Å². The molecule has 3 aromatic rings. The van der Waals surface area contributed by atoms with Gasteiger partial charge in [-0.2, -0.15) is 0 Å². The molecule has 1 aromatic heterocycles. The molecule has 1 aliphatic rings. The van der Waals surface area contributed by atoms with Gasteiger partial charge in [0.2, 0.25) is 0 Å². The van der Waals surface area contributed by atoms with Gasteiger partial charge >= 0.3 is 5.97 Å². The summed E-state index contributed by atoms with van der Waals surface area (Å²) in [4.78, 5) is 30.6. The van der Waals surface area contributed by atoms with Gasteiger partial charge in [0.05, 0.1) is 26.9 Å². The highest BCUT2D eigenvalue weighted by molar-refractivity contribution is 7.22. The summed E-state index contributed by atoms with van der Waals surface area (Å²) in [5.74, 6) is -1.22. The predicted molar refractivity (Wildman–Crippen MR) is 109 cm³/mol. The van der Waals surface area contributed by atoms with Gasteiger partial charge in [-0.05, 0) is 43.7 Å². The fraction of sp³-hybridized carbons (Fsp3) is 0.211. The standard InChI is InChI=1S/C19H14Cl2N2O4S/c1-9-3-5-12-11(7-9)23(17(26)19(2,27-12)8-14(24)25)18-22-16-13(28-18)6-4-10(20)15(16)21/h3-7H,8H2,1-2H3,(H,24,25). The summed E-state index contributed by atoms with van der Waals surface area (Å²) in [7, 11) is 0. The SMILES string of the molecule is Cc1ccc2c(c1)N(c1nc3c(Cl)c(Cl)ccc3s1)C(=O)C(C)(CC(=O)O)O2. The van der Waals surface area contributed by atoms with Gasteiger partial charge < -0.3 is 9.84 Å². The van der Waals surface area contributed by atoms with Crippen LogP contribution < -0.4 is 9.64 Å². The lowest BCUT2D eigenvalue weighted by atomic mass is 9.97. The Morgan fingerprint density at radius 2 is 2.07 bits per heavy atom. The molecule has 6 nitrogen and oxygen atoms in total. The highest BCUT2D eigenvalue weighted by atomic mass is 35.5. The molecule has 0 fully saturated rings. The van der Waals surface area contributed by atoms with Gasteiger partial charge in [-0.1, -0.05) is 40.6 Å². The lowest BCUT2D eigenvalue weighted by Gasteiger charge is -2.39. The number of amides is 1. The Morgan fingerprint density at radius 3 is 2.79 bits per heavy atom. The quantitative estimate of drug-likeness (QED) is 0.609. The average Bonchev–Trinajstić information content (AvgIpc) is 3.04. The summed E-state index contributed by atoms with van der Waals surface area (Å²) in [5, 5.41) is 10.3. The van der Waals surface area contributed by atoms with Crippen LogP contribution in [-0.4, -0.2) is 27.6 Å². The number of halogens is 2. The molecule has 1 atom stereocenters. The zero-order valence-electron chi connectivity index (χ0n) is 14.8. The Bertz CT molecular complexity index is 1150. The first-order valence-electron chi connectivity index (χ1n) is 8.30. The zero-order chi connectivity index (χ0) is 20.2. The summed E-state index contributed by atoms with van der Waals surface area (Å²) < 4.78 is 6.59. The number of rotatable bonds is 3. The van der Waals surface area contributed by atoms with E-state index in [1.165, 1.54) is 23.2 Å². The van der Waals surface area contributed by atoms with Crippen molar-refractivity contribution in [2.45, 2.75) is 25.9 Å². The molecule has 2 aromatic carbocycles. The van der Waals surface area contributed by atoms with Crippen LogP contribution in [0.3, 0.4) is 0 Å². The number of carbonyl (C=O) groups is 2. The number of anilines is 2. The first kappa shape index (κ1) is 19.0. The van der Waals surface area contributed by atoms with Crippen molar-refractivity contribution >= 4 is 67.5 Å². The van der Waals surface area contributed by atoms with Crippen molar-refractivity contribution in [2.75, 3.05) is 4.90 Å². The first-order valence-corrected chi connectivity index (χ1v) is 9.87. The van der Waals surface area contributed by atoms with Crippen LogP contribution in [0.2, 0.25) is 10.0 Å². The number of carboxylic acid groups (broad SMARTS) is 1. The van der Waals surface area contributed by atoms with Gasteiger partial charge in [-0.15, -0.1) is 0 Å². The molecule has 0 saturated carbocycles. The summed E-state index contributed by atoms with van der Waals surface area (Å²) in [6.07, 6.45) is -0.479. The largest absolute Gasteiger partial charge is 0.481 e. The smallest absolute Gasteiger partial charge is 0.307 e. The van der Waals surface area contributed by atoms with Crippen LogP contribution in [0.15, 0.2) is 30.3 Å². The van der Waals surface area contributed by atoms with Crippen LogP contribution in [0.25, 0.3) is 10.2 Å². The van der Waals surface area contributed by atoms with Gasteiger partial charge in [0, 0.05) is 0 Å². The summed E-state index contributed by atoms with van der Waals surface area (Å²) in [6, 6.07) is 8.81. The van der Waals surface area contributed by atoms with E-state index in [0.717, 1.165) is 10.3 Å². The van der Waals surface area contributed by atoms with Gasteiger partial charge in [-0.3, -0.25) is 9.59 Å². The van der Waals surface area contributed by atoms with E-state index in [4.69, 9.17) is 27.9 Å². The van der Waals surface area contributed by atoms with Crippen LogP contribution in [0, 0.1) is 6.92 Å². The minimum atomic E-state index is -1.56. The molecular formula is C19H14Cl2N2O4S. The molecule has 9 heteroatoms. The van der Waals surface area contributed by atoms with Crippen LogP contribution in [0.1, 0.15) is 18.9 Å². The van der Waals surface area contributed by atoms with Crippen molar-refractivity contribution in [1.29, 1.82) is 0 Å². The molecule has 2 heterocycles. The first-order chi connectivity index (χ1) is 13.2. The molecule has 0 saturated heterocycles. The van der Waals surface area contributed by atoms with E-state index in [-0.39, 0.29) is 0 Å². The van der Waals surface area contributed by atoms with E-state index in [1.807, 2.05) is 13.0 Å². The zero-order valence-corrected chi connectivity index (χ0v) is 17.2. The number of carbonyl (C=O) groups excluding carboxylic acids is 1. The van der Waals surface area contributed by atoms with Crippen molar-refractivity contribution in [3.8, 4) is 5.75 Å². The topological polar surface area (TPSA) is 79.7 Å².